The number of rotatable bonds is 6. The molecule has 26 heavy (non-hydrogen) atoms. The van der Waals surface area contributed by atoms with Crippen LogP contribution in [0.5, 0.6) is 5.75 Å². The van der Waals surface area contributed by atoms with Gasteiger partial charge in [-0.3, -0.25) is 4.79 Å². The molecule has 0 aliphatic heterocycles. The molecule has 2 atom stereocenters. The van der Waals surface area contributed by atoms with Gasteiger partial charge in [-0.05, 0) is 42.7 Å². The van der Waals surface area contributed by atoms with Crippen molar-refractivity contribution < 1.29 is 19.4 Å². The van der Waals surface area contributed by atoms with Gasteiger partial charge in [0.2, 0.25) is 5.91 Å². The van der Waals surface area contributed by atoms with Crippen LogP contribution in [0.1, 0.15) is 31.2 Å². The van der Waals surface area contributed by atoms with Gasteiger partial charge in [-0.25, -0.2) is 0 Å². The zero-order valence-electron chi connectivity index (χ0n) is 14.5. The van der Waals surface area contributed by atoms with Crippen LogP contribution in [0.3, 0.4) is 0 Å². The topological polar surface area (TPSA) is 78.5 Å². The van der Waals surface area contributed by atoms with Gasteiger partial charge < -0.3 is 20.0 Å². The van der Waals surface area contributed by atoms with E-state index < -0.39 is 17.8 Å². The van der Waals surface area contributed by atoms with E-state index in [1.807, 2.05) is 30.3 Å². The van der Waals surface area contributed by atoms with E-state index in [2.05, 4.69) is 5.32 Å². The third-order valence-corrected chi connectivity index (χ3v) is 4.78. The van der Waals surface area contributed by atoms with Crippen LogP contribution < -0.4 is 15.2 Å². The van der Waals surface area contributed by atoms with Gasteiger partial charge in [0.1, 0.15) is 12.4 Å². The predicted molar refractivity (Wildman–Crippen MR) is 96.3 cm³/mol. The molecule has 0 heterocycles. The lowest BCUT2D eigenvalue weighted by atomic mass is 9.78. The second-order valence-electron chi connectivity index (χ2n) is 6.60. The first-order valence-electron chi connectivity index (χ1n) is 8.92. The van der Waals surface area contributed by atoms with Gasteiger partial charge in [0.15, 0.2) is 0 Å². The molecule has 0 radical (unpaired) electrons. The van der Waals surface area contributed by atoms with Gasteiger partial charge in [-0.2, -0.15) is 0 Å². The Balaban J connectivity index is 1.56. The molecular weight excluding hydrogens is 330 g/mol. The van der Waals surface area contributed by atoms with Crippen molar-refractivity contribution in [1.82, 2.24) is 0 Å². The van der Waals surface area contributed by atoms with Crippen molar-refractivity contribution in [2.75, 3.05) is 5.32 Å². The minimum Gasteiger partial charge on any atom is -0.550 e. The third-order valence-electron chi connectivity index (χ3n) is 4.78. The first kappa shape index (κ1) is 18.0. The van der Waals surface area contributed by atoms with E-state index in [-0.39, 0.29) is 5.91 Å². The summed E-state index contributed by atoms with van der Waals surface area (Å²) in [6.45, 7) is 0.474. The van der Waals surface area contributed by atoms with Crippen LogP contribution in [0.25, 0.3) is 0 Å². The first-order chi connectivity index (χ1) is 12.6. The third kappa shape index (κ3) is 4.63. The lowest BCUT2D eigenvalue weighted by Crippen LogP contribution is -2.42. The van der Waals surface area contributed by atoms with Crippen molar-refractivity contribution >= 4 is 17.6 Å². The summed E-state index contributed by atoms with van der Waals surface area (Å²) in [7, 11) is 0. The minimum absolute atomic E-state index is 0.253. The van der Waals surface area contributed by atoms with E-state index in [4.69, 9.17) is 4.74 Å². The largest absolute Gasteiger partial charge is 0.550 e. The molecule has 0 bridgehead atoms. The van der Waals surface area contributed by atoms with Gasteiger partial charge in [0.25, 0.3) is 0 Å². The SMILES string of the molecule is O=C([O-])[C@H]1CCCC[C@@H]1C(=O)Nc1ccc(OCc2ccccc2)cc1. The molecule has 1 saturated carbocycles. The normalized spacial score (nSPS) is 19.5. The van der Waals surface area contributed by atoms with Crippen molar-refractivity contribution in [3.8, 4) is 5.75 Å². The summed E-state index contributed by atoms with van der Waals surface area (Å²) in [5.41, 5.74) is 1.71. The van der Waals surface area contributed by atoms with Crippen LogP contribution in [-0.2, 0) is 16.2 Å². The number of benzene rings is 2. The quantitative estimate of drug-likeness (QED) is 0.867. The lowest BCUT2D eigenvalue weighted by Gasteiger charge is -2.31. The van der Waals surface area contributed by atoms with Gasteiger partial charge in [-0.1, -0.05) is 43.2 Å². The summed E-state index contributed by atoms with van der Waals surface area (Å²) in [5.74, 6) is -1.90. The number of hydrogen-bond acceptors (Lipinski definition) is 4. The monoisotopic (exact) mass is 352 g/mol. The van der Waals surface area contributed by atoms with E-state index in [1.54, 1.807) is 24.3 Å². The van der Waals surface area contributed by atoms with E-state index in [9.17, 15) is 14.7 Å². The van der Waals surface area contributed by atoms with Crippen LogP contribution >= 0.6 is 0 Å². The Morgan fingerprint density at radius 2 is 1.62 bits per heavy atom. The Kier molecular flexibility index (Phi) is 5.89. The molecule has 5 heteroatoms. The van der Waals surface area contributed by atoms with Crippen LogP contribution in [0, 0.1) is 11.8 Å². The molecule has 0 aromatic heterocycles. The Morgan fingerprint density at radius 3 is 2.27 bits per heavy atom. The van der Waals surface area contributed by atoms with Crippen molar-refractivity contribution in [3.63, 3.8) is 0 Å². The number of anilines is 1. The molecule has 0 saturated heterocycles. The van der Waals surface area contributed by atoms with Crippen LogP contribution in [0.4, 0.5) is 5.69 Å². The van der Waals surface area contributed by atoms with Crippen molar-refractivity contribution in [3.05, 3.63) is 60.2 Å². The molecule has 2 aromatic carbocycles. The molecule has 1 amide bonds. The van der Waals surface area contributed by atoms with Gasteiger partial charge in [-0.15, -0.1) is 0 Å². The van der Waals surface area contributed by atoms with Crippen LogP contribution in [0.15, 0.2) is 54.6 Å². The number of nitrogens with one attached hydrogen (secondary N) is 1. The zero-order chi connectivity index (χ0) is 18.4. The summed E-state index contributed by atoms with van der Waals surface area (Å²) in [4.78, 5) is 23.7. The van der Waals surface area contributed by atoms with E-state index in [0.717, 1.165) is 18.4 Å². The number of ether oxygens (including phenoxy) is 1. The Morgan fingerprint density at radius 1 is 0.962 bits per heavy atom. The van der Waals surface area contributed by atoms with Crippen molar-refractivity contribution in [2.24, 2.45) is 11.8 Å². The summed E-state index contributed by atoms with van der Waals surface area (Å²) < 4.78 is 5.72. The highest BCUT2D eigenvalue weighted by atomic mass is 16.5. The number of hydrogen-bond donors (Lipinski definition) is 1. The summed E-state index contributed by atoms with van der Waals surface area (Å²) in [6, 6.07) is 17.0. The van der Waals surface area contributed by atoms with E-state index >= 15 is 0 Å². The lowest BCUT2D eigenvalue weighted by molar-refractivity contribution is -0.313. The molecule has 1 aliphatic carbocycles. The number of carboxylic acid groups (broad SMARTS) is 1. The zero-order valence-corrected chi connectivity index (χ0v) is 14.5. The fraction of sp³-hybridized carbons (Fsp3) is 0.333. The number of aliphatic carboxylic acids is 1. The second kappa shape index (κ2) is 8.52. The molecule has 5 nitrogen and oxygen atoms in total. The summed E-state index contributed by atoms with van der Waals surface area (Å²) in [5, 5.41) is 14.1. The highest BCUT2D eigenvalue weighted by Gasteiger charge is 2.31. The standard InChI is InChI=1S/C21H23NO4/c23-20(18-8-4-5-9-19(18)21(24)25)22-16-10-12-17(13-11-16)26-14-15-6-2-1-3-7-15/h1-3,6-7,10-13,18-19H,4-5,8-9,14H2,(H,22,23)(H,24,25)/p-1/t18-,19-/m0/s1. The Labute approximate surface area is 153 Å². The smallest absolute Gasteiger partial charge is 0.228 e. The molecule has 136 valence electrons. The fourth-order valence-corrected chi connectivity index (χ4v) is 3.34. The number of amides is 1. The Hall–Kier alpha value is -2.82. The average molecular weight is 352 g/mol. The number of carbonyl (C=O) groups is 2. The molecule has 0 unspecified atom stereocenters. The van der Waals surface area contributed by atoms with E-state index in [1.165, 1.54) is 0 Å². The molecule has 0 spiro atoms. The summed E-state index contributed by atoms with van der Waals surface area (Å²) >= 11 is 0. The summed E-state index contributed by atoms with van der Waals surface area (Å²) in [6.07, 6.45) is 2.79. The maximum absolute atomic E-state index is 12.4. The predicted octanol–water partition coefficient (Wildman–Crippen LogP) is 2.76. The van der Waals surface area contributed by atoms with E-state index in [0.29, 0.717) is 30.9 Å². The maximum Gasteiger partial charge on any atom is 0.228 e. The van der Waals surface area contributed by atoms with Crippen molar-refractivity contribution in [2.45, 2.75) is 32.3 Å². The minimum atomic E-state index is -1.13. The van der Waals surface area contributed by atoms with Gasteiger partial charge >= 0.3 is 0 Å². The molecule has 1 aliphatic rings. The molecule has 1 fully saturated rings. The van der Waals surface area contributed by atoms with Gasteiger partial charge in [0.05, 0.1) is 0 Å². The maximum atomic E-state index is 12.4. The highest BCUT2D eigenvalue weighted by Crippen LogP contribution is 2.31. The Bertz CT molecular complexity index is 742. The second-order valence-corrected chi connectivity index (χ2v) is 6.60. The van der Waals surface area contributed by atoms with Gasteiger partial charge in [0, 0.05) is 23.5 Å². The highest BCUT2D eigenvalue weighted by molar-refractivity contribution is 5.95. The fourth-order valence-electron chi connectivity index (χ4n) is 3.34. The number of carboxylic acids is 1. The molecular formula is C21H22NO4-. The first-order valence-corrected chi connectivity index (χ1v) is 8.92. The average Bonchev–Trinajstić information content (AvgIpc) is 2.68. The van der Waals surface area contributed by atoms with Crippen LogP contribution in [-0.4, -0.2) is 11.9 Å². The molecule has 2 aromatic rings. The molecule has 1 N–H and O–H groups in total. The number of carbonyl (C=O) groups excluding carboxylic acids is 2. The van der Waals surface area contributed by atoms with Crippen molar-refractivity contribution in [1.29, 1.82) is 0 Å². The van der Waals surface area contributed by atoms with Crippen LogP contribution in [0.2, 0.25) is 0 Å². The molecule has 3 rings (SSSR count).